The Morgan fingerprint density at radius 2 is 2.42 bits per heavy atom. The summed E-state index contributed by atoms with van der Waals surface area (Å²) in [4.78, 5) is 18.1. The van der Waals surface area contributed by atoms with Gasteiger partial charge in [0.2, 0.25) is 0 Å². The topological polar surface area (TPSA) is 91.8 Å². The van der Waals surface area contributed by atoms with Crippen LogP contribution < -0.4 is 5.73 Å². The molecule has 1 unspecified atom stereocenters. The van der Waals surface area contributed by atoms with Crippen LogP contribution in [0.4, 0.5) is 0 Å². The molecule has 0 aromatic carbocycles. The molecule has 0 spiro atoms. The highest BCUT2D eigenvalue weighted by Gasteiger charge is 2.23. The van der Waals surface area contributed by atoms with Gasteiger partial charge in [-0.15, -0.1) is 0 Å². The number of nitrogens with two attached hydrogens (primary N) is 1. The zero-order valence-corrected chi connectivity index (χ0v) is 11.4. The first-order chi connectivity index (χ1) is 9.11. The van der Waals surface area contributed by atoms with Crippen LogP contribution in [0, 0.1) is 0 Å². The third-order valence-electron chi connectivity index (χ3n) is 2.91. The largest absolute Gasteiger partial charge is 0.409 e. The van der Waals surface area contributed by atoms with Crippen molar-refractivity contribution in [1.29, 1.82) is 0 Å². The van der Waals surface area contributed by atoms with Gasteiger partial charge >= 0.3 is 0 Å². The van der Waals surface area contributed by atoms with Crippen LogP contribution in [0.15, 0.2) is 23.5 Å². The summed E-state index contributed by atoms with van der Waals surface area (Å²) in [6.45, 7) is 3.60. The number of aromatic nitrogens is 1. The summed E-state index contributed by atoms with van der Waals surface area (Å²) in [7, 11) is 0. The minimum Gasteiger partial charge on any atom is -0.409 e. The van der Waals surface area contributed by atoms with Crippen LogP contribution in [0.3, 0.4) is 0 Å². The smallest absolute Gasteiger partial charge is 0.272 e. The molecule has 2 rings (SSSR count). The van der Waals surface area contributed by atoms with Crippen molar-refractivity contribution < 1.29 is 10.0 Å². The van der Waals surface area contributed by atoms with Crippen LogP contribution >= 0.6 is 11.8 Å². The molecule has 1 atom stereocenters. The molecule has 1 aliphatic rings. The van der Waals surface area contributed by atoms with E-state index >= 15 is 0 Å². The van der Waals surface area contributed by atoms with Crippen molar-refractivity contribution in [3.05, 3.63) is 29.6 Å². The SMILES string of the molecule is CC1CN(C(=O)c2ccc(/C(N)=N/O)cn2)CCS1. The van der Waals surface area contributed by atoms with Crippen LogP contribution in [0.1, 0.15) is 23.0 Å². The fourth-order valence-corrected chi connectivity index (χ4v) is 2.91. The van der Waals surface area contributed by atoms with Gasteiger partial charge in [0.05, 0.1) is 0 Å². The molecule has 1 aliphatic heterocycles. The number of amidine groups is 1. The van der Waals surface area contributed by atoms with Crippen molar-refractivity contribution >= 4 is 23.5 Å². The molecule has 1 fully saturated rings. The molecule has 7 heteroatoms. The molecule has 0 aliphatic carbocycles. The Labute approximate surface area is 115 Å². The Kier molecular flexibility index (Phi) is 4.26. The number of rotatable bonds is 2. The number of thioether (sulfide) groups is 1. The molecular weight excluding hydrogens is 264 g/mol. The van der Waals surface area contributed by atoms with Gasteiger partial charge in [0.25, 0.3) is 5.91 Å². The molecule has 19 heavy (non-hydrogen) atoms. The van der Waals surface area contributed by atoms with E-state index in [1.54, 1.807) is 12.1 Å². The van der Waals surface area contributed by atoms with Gasteiger partial charge in [0.15, 0.2) is 5.84 Å². The highest BCUT2D eigenvalue weighted by atomic mass is 32.2. The monoisotopic (exact) mass is 280 g/mol. The summed E-state index contributed by atoms with van der Waals surface area (Å²) in [5, 5.41) is 11.9. The highest BCUT2D eigenvalue weighted by Crippen LogP contribution is 2.19. The van der Waals surface area contributed by atoms with Crippen LogP contribution in [0.25, 0.3) is 0 Å². The molecule has 3 N–H and O–H groups in total. The fourth-order valence-electron chi connectivity index (χ4n) is 1.89. The Bertz CT molecular complexity index is 489. The molecule has 6 nitrogen and oxygen atoms in total. The second-order valence-electron chi connectivity index (χ2n) is 4.35. The lowest BCUT2D eigenvalue weighted by molar-refractivity contribution is 0.0757. The van der Waals surface area contributed by atoms with Gasteiger partial charge in [-0.3, -0.25) is 9.78 Å². The summed E-state index contributed by atoms with van der Waals surface area (Å²) in [6.07, 6.45) is 1.43. The number of hydrogen-bond acceptors (Lipinski definition) is 5. The molecule has 2 heterocycles. The lowest BCUT2D eigenvalue weighted by Gasteiger charge is -2.30. The second kappa shape index (κ2) is 5.92. The third-order valence-corrected chi connectivity index (χ3v) is 4.05. The molecular formula is C12H16N4O2S. The van der Waals surface area contributed by atoms with E-state index in [4.69, 9.17) is 10.9 Å². The normalized spacial score (nSPS) is 20.4. The Morgan fingerprint density at radius 3 is 3.00 bits per heavy atom. The van der Waals surface area contributed by atoms with Gasteiger partial charge in [-0.05, 0) is 12.1 Å². The number of oxime groups is 1. The predicted molar refractivity (Wildman–Crippen MR) is 74.6 cm³/mol. The van der Waals surface area contributed by atoms with Crippen LogP contribution in [0.5, 0.6) is 0 Å². The minimum absolute atomic E-state index is 0.0190. The van der Waals surface area contributed by atoms with Crippen LogP contribution in [0.2, 0.25) is 0 Å². The van der Waals surface area contributed by atoms with Crippen LogP contribution in [-0.2, 0) is 0 Å². The summed E-state index contributed by atoms with van der Waals surface area (Å²) < 4.78 is 0. The van der Waals surface area contributed by atoms with Crippen LogP contribution in [-0.4, -0.2) is 50.9 Å². The number of pyridine rings is 1. The first-order valence-electron chi connectivity index (χ1n) is 5.96. The van der Waals surface area contributed by atoms with E-state index in [0.29, 0.717) is 16.5 Å². The summed E-state index contributed by atoms with van der Waals surface area (Å²) in [5.41, 5.74) is 6.31. The number of amides is 1. The first kappa shape index (κ1) is 13.7. The van der Waals surface area contributed by atoms with E-state index in [1.165, 1.54) is 6.20 Å². The lowest BCUT2D eigenvalue weighted by Crippen LogP contribution is -2.41. The van der Waals surface area contributed by atoms with Crippen molar-refractivity contribution in [2.24, 2.45) is 10.9 Å². The van der Waals surface area contributed by atoms with Gasteiger partial charge in [0, 0.05) is 35.9 Å². The Morgan fingerprint density at radius 1 is 1.63 bits per heavy atom. The molecule has 0 radical (unpaired) electrons. The number of hydrogen-bond donors (Lipinski definition) is 2. The predicted octanol–water partition coefficient (Wildman–Crippen LogP) is 0.754. The minimum atomic E-state index is -0.0711. The first-order valence-corrected chi connectivity index (χ1v) is 7.01. The maximum atomic E-state index is 12.2. The van der Waals surface area contributed by atoms with E-state index in [9.17, 15) is 4.79 Å². The van der Waals surface area contributed by atoms with Crippen molar-refractivity contribution in [1.82, 2.24) is 9.88 Å². The van der Waals surface area contributed by atoms with E-state index in [0.717, 1.165) is 18.8 Å². The highest BCUT2D eigenvalue weighted by molar-refractivity contribution is 7.99. The number of carbonyl (C=O) groups is 1. The van der Waals surface area contributed by atoms with E-state index < -0.39 is 0 Å². The standard InChI is InChI=1S/C12H16N4O2S/c1-8-7-16(4-5-19-8)12(17)10-3-2-9(6-14-10)11(13)15-18/h2-3,6,8,18H,4-5,7H2,1H3,(H2,13,15). The third kappa shape index (κ3) is 3.17. The van der Waals surface area contributed by atoms with Crippen molar-refractivity contribution in [2.75, 3.05) is 18.8 Å². The average molecular weight is 280 g/mol. The summed E-state index contributed by atoms with van der Waals surface area (Å²) in [5.74, 6) is 0.863. The lowest BCUT2D eigenvalue weighted by atomic mass is 10.2. The molecule has 0 saturated carbocycles. The maximum absolute atomic E-state index is 12.2. The molecule has 1 aromatic heterocycles. The molecule has 1 amide bonds. The van der Waals surface area contributed by atoms with Gasteiger partial charge in [-0.25, -0.2) is 0 Å². The van der Waals surface area contributed by atoms with E-state index in [1.807, 2.05) is 16.7 Å². The maximum Gasteiger partial charge on any atom is 0.272 e. The van der Waals surface area contributed by atoms with E-state index in [2.05, 4.69) is 17.1 Å². The Hall–Kier alpha value is -1.76. The fraction of sp³-hybridized carbons (Fsp3) is 0.417. The zero-order chi connectivity index (χ0) is 13.8. The average Bonchev–Trinajstić information content (AvgIpc) is 2.46. The van der Waals surface area contributed by atoms with Gasteiger partial charge < -0.3 is 15.8 Å². The Balaban J connectivity index is 2.11. The van der Waals surface area contributed by atoms with Crippen molar-refractivity contribution in [3.63, 3.8) is 0 Å². The molecule has 1 saturated heterocycles. The van der Waals surface area contributed by atoms with Gasteiger partial charge in [-0.1, -0.05) is 12.1 Å². The summed E-state index contributed by atoms with van der Waals surface area (Å²) >= 11 is 1.87. The summed E-state index contributed by atoms with van der Waals surface area (Å²) in [6, 6.07) is 3.22. The van der Waals surface area contributed by atoms with E-state index in [-0.39, 0.29) is 11.7 Å². The number of nitrogens with zero attached hydrogens (tertiary/aromatic N) is 3. The number of carbonyl (C=O) groups excluding carboxylic acids is 1. The van der Waals surface area contributed by atoms with Crippen molar-refractivity contribution in [3.8, 4) is 0 Å². The van der Waals surface area contributed by atoms with Crippen molar-refractivity contribution in [2.45, 2.75) is 12.2 Å². The van der Waals surface area contributed by atoms with Gasteiger partial charge in [-0.2, -0.15) is 11.8 Å². The molecule has 1 aromatic rings. The quantitative estimate of drug-likeness (QED) is 0.361. The van der Waals surface area contributed by atoms with Gasteiger partial charge in [0.1, 0.15) is 5.69 Å². The molecule has 0 bridgehead atoms. The molecule has 102 valence electrons. The zero-order valence-electron chi connectivity index (χ0n) is 10.6. The second-order valence-corrected chi connectivity index (χ2v) is 5.90.